The van der Waals surface area contributed by atoms with Crippen LogP contribution < -0.4 is 21.1 Å². The number of nitrogens with two attached hydrogens (primary N) is 1. The van der Waals surface area contributed by atoms with Crippen molar-refractivity contribution in [2.45, 2.75) is 31.7 Å². The van der Waals surface area contributed by atoms with Crippen LogP contribution in [0.5, 0.6) is 5.75 Å². The van der Waals surface area contributed by atoms with Crippen molar-refractivity contribution in [3.05, 3.63) is 48.0 Å². The molecule has 0 radical (unpaired) electrons. The first kappa shape index (κ1) is 18.6. The number of aromatic nitrogens is 2. The van der Waals surface area contributed by atoms with Crippen molar-refractivity contribution in [2.75, 3.05) is 17.7 Å². The van der Waals surface area contributed by atoms with E-state index in [-0.39, 0.29) is 23.8 Å². The molecule has 154 valence electrons. The van der Waals surface area contributed by atoms with E-state index in [1.165, 1.54) is 18.5 Å². The van der Waals surface area contributed by atoms with Crippen LogP contribution in [0.1, 0.15) is 24.8 Å². The maximum absolute atomic E-state index is 13.9. The monoisotopic (exact) mass is 407 g/mol. The Morgan fingerprint density at radius 1 is 1.27 bits per heavy atom. The minimum absolute atomic E-state index is 0.0205. The van der Waals surface area contributed by atoms with E-state index in [1.807, 2.05) is 13.0 Å². The number of ether oxygens (including phenoxy) is 1. The molecule has 0 saturated heterocycles. The number of nitrogen functional groups attached to an aromatic ring is 1. The van der Waals surface area contributed by atoms with E-state index in [4.69, 9.17) is 10.5 Å². The third-order valence-electron chi connectivity index (χ3n) is 5.96. The summed E-state index contributed by atoms with van der Waals surface area (Å²) in [4.78, 5) is 20.9. The second-order valence-corrected chi connectivity index (χ2v) is 8.32. The normalized spacial score (nSPS) is 21.5. The maximum atomic E-state index is 13.9. The fourth-order valence-electron chi connectivity index (χ4n) is 4.47. The number of benzene rings is 2. The zero-order valence-corrected chi connectivity index (χ0v) is 16.5. The number of anilines is 3. The van der Waals surface area contributed by atoms with Gasteiger partial charge in [0.05, 0.1) is 11.2 Å². The molecule has 6 rings (SSSR count). The Bertz CT molecular complexity index is 1150. The van der Waals surface area contributed by atoms with Gasteiger partial charge in [-0.2, -0.15) is 0 Å². The lowest BCUT2D eigenvalue weighted by atomic mass is 9.50. The van der Waals surface area contributed by atoms with Crippen LogP contribution in [-0.4, -0.2) is 28.0 Å². The summed E-state index contributed by atoms with van der Waals surface area (Å²) in [6.45, 7) is 1.75. The van der Waals surface area contributed by atoms with E-state index >= 15 is 0 Å². The predicted octanol–water partition coefficient (Wildman–Crippen LogP) is 3.45. The van der Waals surface area contributed by atoms with Gasteiger partial charge in [-0.15, -0.1) is 0 Å². The average Bonchev–Trinajstić information content (AvgIpc) is 2.63. The SMILES string of the molecule is Cc1cc(N)cc2ncnc(Nc3ccc(F)cc3OCC(=O)NC34CC(C3)C4)c12. The molecule has 4 N–H and O–H groups in total. The van der Waals surface area contributed by atoms with Crippen molar-refractivity contribution in [3.8, 4) is 5.75 Å². The summed E-state index contributed by atoms with van der Waals surface area (Å²) in [7, 11) is 0. The van der Waals surface area contributed by atoms with Gasteiger partial charge in [0.2, 0.25) is 0 Å². The number of fused-ring (bicyclic) bond motifs is 1. The van der Waals surface area contributed by atoms with E-state index in [0.717, 1.165) is 36.1 Å². The Balaban J connectivity index is 1.37. The Morgan fingerprint density at radius 3 is 2.80 bits per heavy atom. The lowest BCUT2D eigenvalue weighted by molar-refractivity contribution is -0.134. The van der Waals surface area contributed by atoms with Crippen LogP contribution in [0, 0.1) is 18.7 Å². The third-order valence-corrected chi connectivity index (χ3v) is 5.96. The van der Waals surface area contributed by atoms with Crippen molar-refractivity contribution >= 4 is 34.0 Å². The molecule has 3 aliphatic rings. The third kappa shape index (κ3) is 3.28. The minimum Gasteiger partial charge on any atom is -0.481 e. The van der Waals surface area contributed by atoms with Gasteiger partial charge in [-0.1, -0.05) is 0 Å². The van der Waals surface area contributed by atoms with Crippen LogP contribution in [0.25, 0.3) is 10.9 Å². The van der Waals surface area contributed by atoms with E-state index in [1.54, 1.807) is 12.1 Å². The van der Waals surface area contributed by atoms with Gasteiger partial charge in [-0.25, -0.2) is 14.4 Å². The largest absolute Gasteiger partial charge is 0.481 e. The molecule has 0 unspecified atom stereocenters. The minimum atomic E-state index is -0.452. The number of halogens is 1. The molecule has 2 bridgehead atoms. The summed E-state index contributed by atoms with van der Waals surface area (Å²) >= 11 is 0. The van der Waals surface area contributed by atoms with Crippen LogP contribution in [-0.2, 0) is 4.79 Å². The molecule has 3 aliphatic carbocycles. The molecule has 1 amide bonds. The van der Waals surface area contributed by atoms with Gasteiger partial charge in [-0.3, -0.25) is 4.79 Å². The average molecular weight is 407 g/mol. The van der Waals surface area contributed by atoms with Crippen molar-refractivity contribution in [1.29, 1.82) is 0 Å². The molecule has 0 aliphatic heterocycles. The number of nitrogens with zero attached hydrogens (tertiary/aromatic N) is 2. The first-order valence-electron chi connectivity index (χ1n) is 9.92. The zero-order chi connectivity index (χ0) is 20.9. The van der Waals surface area contributed by atoms with E-state index in [9.17, 15) is 9.18 Å². The number of nitrogens with one attached hydrogen (secondary N) is 2. The molecule has 0 atom stereocenters. The molecule has 0 spiro atoms. The standard InChI is InChI=1S/C22H22FN5O2/c1-12-4-15(24)6-17-20(12)21(26-11-25-17)27-16-3-2-14(23)5-18(16)30-10-19(29)28-22-7-13(8-22)9-22/h2-6,11,13H,7-10,24H2,1H3,(H,28,29)(H,25,26,27). The van der Waals surface area contributed by atoms with Gasteiger partial charge in [0.25, 0.3) is 5.91 Å². The second-order valence-electron chi connectivity index (χ2n) is 8.32. The Morgan fingerprint density at radius 2 is 2.07 bits per heavy atom. The highest BCUT2D eigenvalue weighted by Crippen LogP contribution is 2.56. The summed E-state index contributed by atoms with van der Waals surface area (Å²) in [5.41, 5.74) is 8.63. The highest BCUT2D eigenvalue weighted by Gasteiger charge is 2.57. The van der Waals surface area contributed by atoms with Crippen molar-refractivity contribution in [1.82, 2.24) is 15.3 Å². The molecule has 2 aromatic carbocycles. The number of amides is 1. The zero-order valence-electron chi connectivity index (χ0n) is 16.5. The first-order chi connectivity index (χ1) is 14.4. The molecular weight excluding hydrogens is 385 g/mol. The molecule has 30 heavy (non-hydrogen) atoms. The summed E-state index contributed by atoms with van der Waals surface area (Å²) in [6, 6.07) is 7.75. The van der Waals surface area contributed by atoms with E-state index < -0.39 is 5.82 Å². The summed E-state index contributed by atoms with van der Waals surface area (Å²) in [5, 5.41) is 7.04. The molecule has 3 aromatic rings. The highest BCUT2D eigenvalue weighted by molar-refractivity contribution is 5.95. The Labute approximate surface area is 172 Å². The molecule has 3 fully saturated rings. The van der Waals surface area contributed by atoms with Crippen LogP contribution in [0.2, 0.25) is 0 Å². The topological polar surface area (TPSA) is 102 Å². The van der Waals surface area contributed by atoms with Crippen LogP contribution >= 0.6 is 0 Å². The lowest BCUT2D eigenvalue weighted by Crippen LogP contribution is -2.68. The van der Waals surface area contributed by atoms with Gasteiger partial charge < -0.3 is 21.1 Å². The van der Waals surface area contributed by atoms with Crippen molar-refractivity contribution < 1.29 is 13.9 Å². The number of hydrogen-bond acceptors (Lipinski definition) is 6. The molecule has 3 saturated carbocycles. The van der Waals surface area contributed by atoms with Gasteiger partial charge in [-0.05, 0) is 61.9 Å². The lowest BCUT2D eigenvalue weighted by Gasteiger charge is -2.61. The van der Waals surface area contributed by atoms with E-state index in [0.29, 0.717) is 22.7 Å². The van der Waals surface area contributed by atoms with Crippen molar-refractivity contribution in [3.63, 3.8) is 0 Å². The fraction of sp³-hybridized carbons (Fsp3) is 0.318. The smallest absolute Gasteiger partial charge is 0.258 e. The molecule has 1 aromatic heterocycles. The maximum Gasteiger partial charge on any atom is 0.258 e. The van der Waals surface area contributed by atoms with Crippen molar-refractivity contribution in [2.24, 2.45) is 5.92 Å². The van der Waals surface area contributed by atoms with Crippen LogP contribution in [0.4, 0.5) is 21.6 Å². The number of rotatable bonds is 6. The number of aryl methyl sites for hydroxylation is 1. The summed E-state index contributed by atoms with van der Waals surface area (Å²) < 4.78 is 19.5. The summed E-state index contributed by atoms with van der Waals surface area (Å²) in [5.74, 6) is 0.913. The predicted molar refractivity (Wildman–Crippen MR) is 112 cm³/mol. The van der Waals surface area contributed by atoms with Crippen LogP contribution in [0.3, 0.4) is 0 Å². The van der Waals surface area contributed by atoms with Gasteiger partial charge in [0, 0.05) is 22.7 Å². The second kappa shape index (κ2) is 6.83. The number of carbonyl (C=O) groups is 1. The van der Waals surface area contributed by atoms with Crippen LogP contribution in [0.15, 0.2) is 36.7 Å². The van der Waals surface area contributed by atoms with Gasteiger partial charge >= 0.3 is 0 Å². The Kier molecular flexibility index (Phi) is 4.23. The Hall–Kier alpha value is -3.42. The first-order valence-corrected chi connectivity index (χ1v) is 9.92. The number of hydrogen-bond donors (Lipinski definition) is 3. The number of carbonyl (C=O) groups excluding carboxylic acids is 1. The quantitative estimate of drug-likeness (QED) is 0.541. The van der Waals surface area contributed by atoms with E-state index in [2.05, 4.69) is 20.6 Å². The fourth-order valence-corrected chi connectivity index (χ4v) is 4.47. The highest BCUT2D eigenvalue weighted by atomic mass is 19.1. The molecular formula is C22H22FN5O2. The summed E-state index contributed by atoms with van der Waals surface area (Å²) in [6.07, 6.45) is 4.59. The molecule has 1 heterocycles. The molecule has 8 heteroatoms. The van der Waals surface area contributed by atoms with Gasteiger partial charge in [0.1, 0.15) is 23.7 Å². The van der Waals surface area contributed by atoms with Gasteiger partial charge in [0.15, 0.2) is 6.61 Å². The molecule has 7 nitrogen and oxygen atoms in total.